The summed E-state index contributed by atoms with van der Waals surface area (Å²) in [7, 11) is -3.30. The molecule has 0 saturated heterocycles. The van der Waals surface area contributed by atoms with Gasteiger partial charge in [0.05, 0.1) is 24.0 Å². The Morgan fingerprint density at radius 3 is 2.50 bits per heavy atom. The standard InChI is InChI=1S/C12H21N3O6S/c1-22(20,21)3-2-8(11(14)18)15-12(19)6-4-7(13)10(17)9(16)5-6/h4,7-10,16-17H,2-3,5,13H2,1H3,(H2,14,18)(H,15,19). The molecule has 10 heteroatoms. The number of nitrogens with one attached hydrogen (secondary N) is 1. The molecule has 0 bridgehead atoms. The molecule has 4 atom stereocenters. The molecule has 22 heavy (non-hydrogen) atoms. The first-order chi connectivity index (χ1) is 10.0. The molecule has 1 rings (SSSR count). The van der Waals surface area contributed by atoms with E-state index in [9.17, 15) is 28.2 Å². The van der Waals surface area contributed by atoms with Gasteiger partial charge in [0.25, 0.3) is 0 Å². The lowest BCUT2D eigenvalue weighted by molar-refractivity contribution is -0.125. The highest BCUT2D eigenvalue weighted by atomic mass is 32.2. The highest BCUT2D eigenvalue weighted by Gasteiger charge is 2.31. The summed E-state index contributed by atoms with van der Waals surface area (Å²) in [5, 5.41) is 21.4. The molecule has 1 aliphatic carbocycles. The normalized spacial score (nSPS) is 26.9. The number of sulfone groups is 1. The second-order valence-corrected chi connectivity index (χ2v) is 7.64. The monoisotopic (exact) mass is 335 g/mol. The van der Waals surface area contributed by atoms with E-state index in [1.807, 2.05) is 0 Å². The van der Waals surface area contributed by atoms with Crippen molar-refractivity contribution in [1.29, 1.82) is 0 Å². The third-order valence-corrected chi connectivity index (χ3v) is 4.31. The Morgan fingerprint density at radius 1 is 1.45 bits per heavy atom. The van der Waals surface area contributed by atoms with Crippen molar-refractivity contribution in [3.63, 3.8) is 0 Å². The molecule has 0 heterocycles. The van der Waals surface area contributed by atoms with Crippen LogP contribution in [0.3, 0.4) is 0 Å². The molecule has 0 aromatic heterocycles. The Balaban J connectivity index is 2.75. The summed E-state index contributed by atoms with van der Waals surface area (Å²) in [6.45, 7) is 0. The van der Waals surface area contributed by atoms with Gasteiger partial charge in [0.2, 0.25) is 11.8 Å². The van der Waals surface area contributed by atoms with Gasteiger partial charge >= 0.3 is 0 Å². The Bertz CT molecular complexity index is 573. The zero-order chi connectivity index (χ0) is 17.1. The molecule has 0 fully saturated rings. The van der Waals surface area contributed by atoms with Crippen LogP contribution < -0.4 is 16.8 Å². The maximum atomic E-state index is 12.1. The predicted molar refractivity (Wildman–Crippen MR) is 78.1 cm³/mol. The third-order valence-electron chi connectivity index (χ3n) is 3.33. The second kappa shape index (κ2) is 7.18. The maximum Gasteiger partial charge on any atom is 0.247 e. The van der Waals surface area contributed by atoms with Crippen LogP contribution in [0.15, 0.2) is 11.6 Å². The van der Waals surface area contributed by atoms with Crippen LogP contribution in [-0.2, 0) is 19.4 Å². The number of nitrogens with two attached hydrogens (primary N) is 2. The molecule has 0 aromatic carbocycles. The number of aliphatic hydroxyl groups excluding tert-OH is 2. The minimum atomic E-state index is -3.30. The maximum absolute atomic E-state index is 12.1. The zero-order valence-electron chi connectivity index (χ0n) is 12.1. The highest BCUT2D eigenvalue weighted by Crippen LogP contribution is 2.18. The fourth-order valence-electron chi connectivity index (χ4n) is 2.04. The first-order valence-corrected chi connectivity index (χ1v) is 8.67. The summed E-state index contributed by atoms with van der Waals surface area (Å²) in [4.78, 5) is 23.3. The lowest BCUT2D eigenvalue weighted by atomic mass is 9.90. The predicted octanol–water partition coefficient (Wildman–Crippen LogP) is -3.23. The molecule has 4 unspecified atom stereocenters. The number of aliphatic hydroxyl groups is 2. The van der Waals surface area contributed by atoms with Gasteiger partial charge in [-0.3, -0.25) is 9.59 Å². The molecular formula is C12H21N3O6S. The van der Waals surface area contributed by atoms with Crippen LogP contribution in [0, 0.1) is 0 Å². The molecule has 9 nitrogen and oxygen atoms in total. The number of hydrogen-bond acceptors (Lipinski definition) is 7. The molecule has 0 spiro atoms. The van der Waals surface area contributed by atoms with Crippen molar-refractivity contribution in [2.45, 2.75) is 37.1 Å². The fraction of sp³-hybridized carbons (Fsp3) is 0.667. The van der Waals surface area contributed by atoms with Crippen molar-refractivity contribution in [2.24, 2.45) is 11.5 Å². The summed E-state index contributed by atoms with van der Waals surface area (Å²) in [6, 6.07) is -2.06. The van der Waals surface area contributed by atoms with Gasteiger partial charge in [0.15, 0.2) is 0 Å². The Hall–Kier alpha value is -1.49. The Kier molecular flexibility index (Phi) is 6.06. The van der Waals surface area contributed by atoms with Crippen LogP contribution in [0.5, 0.6) is 0 Å². The van der Waals surface area contributed by atoms with E-state index in [4.69, 9.17) is 11.5 Å². The quantitative estimate of drug-likeness (QED) is 0.339. The molecule has 126 valence electrons. The largest absolute Gasteiger partial charge is 0.390 e. The van der Waals surface area contributed by atoms with Gasteiger partial charge in [-0.2, -0.15) is 0 Å². The molecule has 0 aliphatic heterocycles. The van der Waals surface area contributed by atoms with E-state index < -0.39 is 45.9 Å². The van der Waals surface area contributed by atoms with Crippen molar-refractivity contribution < 1.29 is 28.2 Å². The highest BCUT2D eigenvalue weighted by molar-refractivity contribution is 7.90. The van der Waals surface area contributed by atoms with Gasteiger partial charge < -0.3 is 27.0 Å². The summed E-state index contributed by atoms with van der Waals surface area (Å²) in [5.41, 5.74) is 10.8. The van der Waals surface area contributed by atoms with Crippen molar-refractivity contribution >= 4 is 21.7 Å². The van der Waals surface area contributed by atoms with E-state index in [0.29, 0.717) is 0 Å². The minimum Gasteiger partial charge on any atom is -0.390 e. The van der Waals surface area contributed by atoms with E-state index in [2.05, 4.69) is 5.32 Å². The SMILES string of the molecule is CS(=O)(=O)CCC(NC(=O)C1=CC(N)C(O)C(O)C1)C(N)=O. The van der Waals surface area contributed by atoms with E-state index in [1.54, 1.807) is 0 Å². The zero-order valence-corrected chi connectivity index (χ0v) is 12.9. The van der Waals surface area contributed by atoms with Crippen LogP contribution in [0.25, 0.3) is 0 Å². The summed E-state index contributed by atoms with van der Waals surface area (Å²) in [6.07, 6.45) is -0.338. The molecule has 0 saturated carbocycles. The van der Waals surface area contributed by atoms with Crippen LogP contribution in [0.1, 0.15) is 12.8 Å². The number of carbonyl (C=O) groups excluding carboxylic acids is 2. The number of primary amides is 1. The van der Waals surface area contributed by atoms with Crippen LogP contribution >= 0.6 is 0 Å². The molecule has 0 radical (unpaired) electrons. The number of amides is 2. The Labute approximate surface area is 128 Å². The van der Waals surface area contributed by atoms with E-state index in [1.165, 1.54) is 6.08 Å². The number of rotatable bonds is 6. The van der Waals surface area contributed by atoms with Crippen molar-refractivity contribution in [1.82, 2.24) is 5.32 Å². The second-order valence-electron chi connectivity index (χ2n) is 5.38. The van der Waals surface area contributed by atoms with E-state index >= 15 is 0 Å². The van der Waals surface area contributed by atoms with Crippen LogP contribution in [0.2, 0.25) is 0 Å². The minimum absolute atomic E-state index is 0.107. The molecule has 2 amide bonds. The summed E-state index contributed by atoms with van der Waals surface area (Å²) in [5.74, 6) is -1.85. The van der Waals surface area contributed by atoms with Gasteiger partial charge in [-0.1, -0.05) is 6.08 Å². The number of hydrogen-bond donors (Lipinski definition) is 5. The van der Waals surface area contributed by atoms with Gasteiger partial charge in [-0.15, -0.1) is 0 Å². The average Bonchev–Trinajstić information content (AvgIpc) is 2.38. The summed E-state index contributed by atoms with van der Waals surface area (Å²) >= 11 is 0. The van der Waals surface area contributed by atoms with Crippen LogP contribution in [-0.4, -0.2) is 66.7 Å². The van der Waals surface area contributed by atoms with Crippen molar-refractivity contribution in [2.75, 3.05) is 12.0 Å². The van der Waals surface area contributed by atoms with E-state index in [0.717, 1.165) is 6.26 Å². The van der Waals surface area contributed by atoms with Gasteiger partial charge in [0.1, 0.15) is 15.9 Å². The molecule has 1 aliphatic rings. The fourth-order valence-corrected chi connectivity index (χ4v) is 2.70. The van der Waals surface area contributed by atoms with Crippen molar-refractivity contribution in [3.8, 4) is 0 Å². The first kappa shape index (κ1) is 18.6. The topological polar surface area (TPSA) is 173 Å². The summed E-state index contributed by atoms with van der Waals surface area (Å²) < 4.78 is 22.2. The lowest BCUT2D eigenvalue weighted by Crippen LogP contribution is -2.49. The Morgan fingerprint density at radius 2 is 2.05 bits per heavy atom. The molecular weight excluding hydrogens is 314 g/mol. The lowest BCUT2D eigenvalue weighted by Gasteiger charge is -2.28. The van der Waals surface area contributed by atoms with Gasteiger partial charge in [0, 0.05) is 18.2 Å². The van der Waals surface area contributed by atoms with Crippen molar-refractivity contribution in [3.05, 3.63) is 11.6 Å². The molecule has 0 aromatic rings. The van der Waals surface area contributed by atoms with Gasteiger partial charge in [-0.25, -0.2) is 8.42 Å². The number of carbonyl (C=O) groups is 2. The average molecular weight is 335 g/mol. The van der Waals surface area contributed by atoms with Gasteiger partial charge in [-0.05, 0) is 6.42 Å². The molecule has 7 N–H and O–H groups in total. The first-order valence-electron chi connectivity index (χ1n) is 6.61. The van der Waals surface area contributed by atoms with E-state index in [-0.39, 0.29) is 24.2 Å². The smallest absolute Gasteiger partial charge is 0.247 e. The van der Waals surface area contributed by atoms with Crippen LogP contribution in [0.4, 0.5) is 0 Å². The third kappa shape index (κ3) is 5.37.